The summed E-state index contributed by atoms with van der Waals surface area (Å²) in [6.07, 6.45) is 4.64. The van der Waals surface area contributed by atoms with Crippen LogP contribution >= 0.6 is 0 Å². The highest BCUT2D eigenvalue weighted by Gasteiger charge is 2.10. The number of benzene rings is 3. The fourth-order valence-electron chi connectivity index (χ4n) is 3.30. The molecule has 0 unspecified atom stereocenters. The molecule has 0 aliphatic carbocycles. The normalized spacial score (nSPS) is 11.2. The number of nitriles is 2. The van der Waals surface area contributed by atoms with Crippen LogP contribution in [-0.4, -0.2) is 22.2 Å². The van der Waals surface area contributed by atoms with Gasteiger partial charge in [0.15, 0.2) is 0 Å². The van der Waals surface area contributed by atoms with Crippen molar-refractivity contribution in [2.24, 2.45) is 0 Å². The van der Waals surface area contributed by atoms with Gasteiger partial charge in [0.1, 0.15) is 23.3 Å². The van der Waals surface area contributed by atoms with Gasteiger partial charge in [-0.2, -0.15) is 10.5 Å². The summed E-state index contributed by atoms with van der Waals surface area (Å²) in [5.74, 6) is -2.57. The summed E-state index contributed by atoms with van der Waals surface area (Å²) in [6, 6.07) is 25.7. The molecule has 0 atom stereocenters. The van der Waals surface area contributed by atoms with Crippen molar-refractivity contribution in [1.29, 1.82) is 10.5 Å². The zero-order chi connectivity index (χ0) is 25.4. The molecule has 0 spiro atoms. The van der Waals surface area contributed by atoms with Crippen LogP contribution < -0.4 is 0 Å². The van der Waals surface area contributed by atoms with Gasteiger partial charge < -0.3 is 10.2 Å². The number of aryl methyl sites for hydroxylation is 1. The molecule has 170 valence electrons. The van der Waals surface area contributed by atoms with Crippen LogP contribution in [0.15, 0.2) is 83.9 Å². The maximum absolute atomic E-state index is 11.1. The summed E-state index contributed by atoms with van der Waals surface area (Å²) in [7, 11) is 0. The average Bonchev–Trinajstić information content (AvgIpc) is 2.86. The zero-order valence-electron chi connectivity index (χ0n) is 18.8. The first kappa shape index (κ1) is 24.4. The lowest BCUT2D eigenvalue weighted by atomic mass is 9.93. The first-order chi connectivity index (χ1) is 16.8. The molecule has 35 heavy (non-hydrogen) atoms. The van der Waals surface area contributed by atoms with Crippen LogP contribution in [0.25, 0.3) is 23.8 Å². The first-order valence-electron chi connectivity index (χ1n) is 10.5. The molecular formula is C29H20N2O4. The smallest absolute Gasteiger partial charge is 0.346 e. The minimum Gasteiger partial charge on any atom is -0.477 e. The quantitative estimate of drug-likeness (QED) is 0.270. The zero-order valence-corrected chi connectivity index (χ0v) is 18.8. The highest BCUT2D eigenvalue weighted by molar-refractivity contribution is 5.97. The van der Waals surface area contributed by atoms with E-state index in [9.17, 15) is 9.59 Å². The third-order valence-corrected chi connectivity index (χ3v) is 5.16. The van der Waals surface area contributed by atoms with E-state index in [2.05, 4.69) is 0 Å². The third kappa shape index (κ3) is 6.41. The topological polar surface area (TPSA) is 122 Å². The fraction of sp³-hybridized carbons (Fsp3) is 0.0345. The Morgan fingerprint density at radius 3 is 1.31 bits per heavy atom. The second-order valence-corrected chi connectivity index (χ2v) is 7.66. The van der Waals surface area contributed by atoms with Gasteiger partial charge in [0.05, 0.1) is 0 Å². The van der Waals surface area contributed by atoms with Crippen molar-refractivity contribution in [1.82, 2.24) is 0 Å². The van der Waals surface area contributed by atoms with Crippen LogP contribution in [0.3, 0.4) is 0 Å². The highest BCUT2D eigenvalue weighted by atomic mass is 16.4. The van der Waals surface area contributed by atoms with Gasteiger partial charge in [-0.3, -0.25) is 0 Å². The largest absolute Gasteiger partial charge is 0.477 e. The number of hydrogen-bond acceptors (Lipinski definition) is 4. The summed E-state index contributed by atoms with van der Waals surface area (Å²) in [5, 5.41) is 36.1. The summed E-state index contributed by atoms with van der Waals surface area (Å²) < 4.78 is 0. The van der Waals surface area contributed by atoms with Crippen molar-refractivity contribution in [2.45, 2.75) is 6.92 Å². The van der Waals surface area contributed by atoms with Gasteiger partial charge in [0, 0.05) is 0 Å². The van der Waals surface area contributed by atoms with Crippen molar-refractivity contribution in [3.63, 3.8) is 0 Å². The Morgan fingerprint density at radius 1 is 0.629 bits per heavy atom. The maximum Gasteiger partial charge on any atom is 0.346 e. The molecule has 0 aliphatic heterocycles. The van der Waals surface area contributed by atoms with E-state index in [1.165, 1.54) is 12.2 Å². The molecule has 0 bridgehead atoms. The van der Waals surface area contributed by atoms with Gasteiger partial charge in [-0.25, -0.2) is 9.59 Å². The Labute approximate surface area is 202 Å². The van der Waals surface area contributed by atoms with Crippen LogP contribution in [-0.2, 0) is 9.59 Å². The van der Waals surface area contributed by atoms with E-state index in [4.69, 9.17) is 20.7 Å². The maximum atomic E-state index is 11.1. The summed E-state index contributed by atoms with van der Waals surface area (Å²) in [5.41, 5.74) is 5.19. The molecule has 0 aliphatic rings. The molecule has 6 nitrogen and oxygen atoms in total. The Morgan fingerprint density at radius 2 is 0.971 bits per heavy atom. The molecule has 0 amide bonds. The molecule has 3 aromatic carbocycles. The Bertz CT molecular complexity index is 1340. The number of carbonyl (C=O) groups is 2. The lowest BCUT2D eigenvalue weighted by Gasteiger charge is -2.11. The van der Waals surface area contributed by atoms with Crippen molar-refractivity contribution < 1.29 is 19.8 Å². The van der Waals surface area contributed by atoms with Gasteiger partial charge in [-0.15, -0.1) is 0 Å². The van der Waals surface area contributed by atoms with Crippen LogP contribution in [0.5, 0.6) is 0 Å². The van der Waals surface area contributed by atoms with Gasteiger partial charge in [-0.1, -0.05) is 78.4 Å². The number of aliphatic carboxylic acids is 2. The minimum atomic E-state index is -1.28. The lowest BCUT2D eigenvalue weighted by molar-refractivity contribution is -0.133. The summed E-state index contributed by atoms with van der Waals surface area (Å²) >= 11 is 0. The SMILES string of the molecule is Cc1ccc(C=C(c2ccc(/C=C(\C#N)C(=O)O)cc2)c2ccc(/C=C(\C#N)C(=O)O)cc2)cc1. The molecule has 6 heteroatoms. The second kappa shape index (κ2) is 11.1. The fourth-order valence-corrected chi connectivity index (χ4v) is 3.30. The lowest BCUT2D eigenvalue weighted by Crippen LogP contribution is -1.97. The molecular weight excluding hydrogens is 440 g/mol. The standard InChI is InChI=1S/C29H20N2O4/c1-19-2-4-22(5-3-19)16-27(23-10-6-20(7-11-23)14-25(17-30)28(32)33)24-12-8-21(9-13-24)15-26(18-31)29(34)35/h2-16H,1H3,(H,32,33)(H,34,35)/b25-14+,26-15+. The minimum absolute atomic E-state index is 0.352. The average molecular weight is 460 g/mol. The number of nitrogens with zero attached hydrogens (tertiary/aromatic N) is 2. The predicted octanol–water partition coefficient (Wildman–Crippen LogP) is 5.57. The van der Waals surface area contributed by atoms with Gasteiger partial charge in [-0.05, 0) is 58.5 Å². The number of carboxylic acids is 2. The molecule has 3 rings (SSSR count). The highest BCUT2D eigenvalue weighted by Crippen LogP contribution is 2.28. The molecule has 3 aromatic rings. The van der Waals surface area contributed by atoms with Crippen molar-refractivity contribution in [2.75, 3.05) is 0 Å². The van der Waals surface area contributed by atoms with Crippen LogP contribution in [0, 0.1) is 29.6 Å². The summed E-state index contributed by atoms with van der Waals surface area (Å²) in [4.78, 5) is 22.2. The van der Waals surface area contributed by atoms with E-state index >= 15 is 0 Å². The van der Waals surface area contributed by atoms with Crippen LogP contribution in [0.2, 0.25) is 0 Å². The van der Waals surface area contributed by atoms with Crippen molar-refractivity contribution >= 4 is 35.7 Å². The molecule has 0 heterocycles. The van der Waals surface area contributed by atoms with Crippen molar-refractivity contribution in [3.8, 4) is 12.1 Å². The summed E-state index contributed by atoms with van der Waals surface area (Å²) in [6.45, 7) is 2.01. The Balaban J connectivity index is 2.05. The molecule has 2 N–H and O–H groups in total. The monoisotopic (exact) mass is 460 g/mol. The molecule has 0 fully saturated rings. The second-order valence-electron chi connectivity index (χ2n) is 7.66. The van der Waals surface area contributed by atoms with E-state index in [0.29, 0.717) is 11.1 Å². The number of rotatable bonds is 7. The predicted molar refractivity (Wildman–Crippen MR) is 133 cm³/mol. The first-order valence-corrected chi connectivity index (χ1v) is 10.5. The van der Waals surface area contributed by atoms with E-state index in [0.717, 1.165) is 27.8 Å². The third-order valence-electron chi connectivity index (χ3n) is 5.16. The van der Waals surface area contributed by atoms with Crippen LogP contribution in [0.4, 0.5) is 0 Å². The Hall–Kier alpha value is -5.20. The van der Waals surface area contributed by atoms with Crippen LogP contribution in [0.1, 0.15) is 33.4 Å². The molecule has 0 radical (unpaired) electrons. The van der Waals surface area contributed by atoms with Crippen molar-refractivity contribution in [3.05, 3.63) is 117 Å². The van der Waals surface area contributed by atoms with E-state index in [-0.39, 0.29) is 11.1 Å². The van der Waals surface area contributed by atoms with E-state index in [1.807, 2.05) is 61.5 Å². The van der Waals surface area contributed by atoms with Gasteiger partial charge >= 0.3 is 11.9 Å². The number of carboxylic acid groups (broad SMARTS) is 2. The van der Waals surface area contributed by atoms with E-state index < -0.39 is 11.9 Å². The molecule has 0 saturated carbocycles. The molecule has 0 aromatic heterocycles. The Kier molecular flexibility index (Phi) is 7.74. The van der Waals surface area contributed by atoms with E-state index in [1.54, 1.807) is 36.4 Å². The van der Waals surface area contributed by atoms with Gasteiger partial charge in [0.25, 0.3) is 0 Å². The number of hydrogen-bond donors (Lipinski definition) is 2. The molecule has 0 saturated heterocycles. The van der Waals surface area contributed by atoms with Gasteiger partial charge in [0.2, 0.25) is 0 Å².